The first-order chi connectivity index (χ1) is 7.74. The quantitative estimate of drug-likeness (QED) is 0.713. The lowest BCUT2D eigenvalue weighted by molar-refractivity contribution is -0.190. The summed E-state index contributed by atoms with van der Waals surface area (Å²) >= 11 is 0. The SMILES string of the molecule is CC(C)(C)C(=O)OC12CC3CC(CC1(O)C3)C2. The highest BCUT2D eigenvalue weighted by Crippen LogP contribution is 2.64. The highest BCUT2D eigenvalue weighted by atomic mass is 16.6. The Balaban J connectivity index is 1.86. The van der Waals surface area contributed by atoms with Crippen LogP contribution >= 0.6 is 0 Å². The van der Waals surface area contributed by atoms with Crippen molar-refractivity contribution < 1.29 is 14.6 Å². The molecule has 17 heavy (non-hydrogen) atoms. The van der Waals surface area contributed by atoms with Crippen LogP contribution in [-0.4, -0.2) is 22.3 Å². The van der Waals surface area contributed by atoms with E-state index in [1.807, 2.05) is 20.8 Å². The molecule has 2 atom stereocenters. The molecule has 0 amide bonds. The zero-order valence-corrected chi connectivity index (χ0v) is 11.0. The molecule has 0 radical (unpaired) electrons. The highest BCUT2D eigenvalue weighted by Gasteiger charge is 2.69. The fourth-order valence-electron chi connectivity index (χ4n) is 4.26. The number of esters is 1. The topological polar surface area (TPSA) is 46.5 Å². The van der Waals surface area contributed by atoms with Crippen molar-refractivity contribution in [2.45, 2.75) is 64.1 Å². The predicted molar refractivity (Wildman–Crippen MR) is 63.3 cm³/mol. The smallest absolute Gasteiger partial charge is 0.311 e. The number of hydrogen-bond donors (Lipinski definition) is 1. The first-order valence-electron chi connectivity index (χ1n) is 6.70. The van der Waals surface area contributed by atoms with Crippen molar-refractivity contribution in [2.24, 2.45) is 17.3 Å². The molecule has 3 heteroatoms. The number of aliphatic hydroxyl groups is 1. The van der Waals surface area contributed by atoms with Crippen molar-refractivity contribution in [2.75, 3.05) is 0 Å². The first kappa shape index (κ1) is 11.5. The average molecular weight is 238 g/mol. The van der Waals surface area contributed by atoms with E-state index in [9.17, 15) is 9.90 Å². The maximum atomic E-state index is 12.1. The van der Waals surface area contributed by atoms with Gasteiger partial charge >= 0.3 is 5.97 Å². The summed E-state index contributed by atoms with van der Waals surface area (Å²) in [5.74, 6) is 0.972. The van der Waals surface area contributed by atoms with Crippen LogP contribution in [-0.2, 0) is 9.53 Å². The third-order valence-corrected chi connectivity index (χ3v) is 4.90. The van der Waals surface area contributed by atoms with E-state index in [1.165, 1.54) is 6.42 Å². The van der Waals surface area contributed by atoms with Gasteiger partial charge in [0.25, 0.3) is 0 Å². The minimum absolute atomic E-state index is 0.167. The Morgan fingerprint density at radius 3 is 2.18 bits per heavy atom. The van der Waals surface area contributed by atoms with Crippen LogP contribution in [0.25, 0.3) is 0 Å². The summed E-state index contributed by atoms with van der Waals surface area (Å²) in [6.45, 7) is 5.61. The average Bonchev–Trinajstić information content (AvgIpc) is 2.42. The first-order valence-corrected chi connectivity index (χ1v) is 6.70. The van der Waals surface area contributed by atoms with Crippen LogP contribution in [0, 0.1) is 17.3 Å². The van der Waals surface area contributed by atoms with Gasteiger partial charge in [-0.05, 0) is 64.7 Å². The Morgan fingerprint density at radius 1 is 1.18 bits per heavy atom. The maximum absolute atomic E-state index is 12.1. The van der Waals surface area contributed by atoms with E-state index in [1.54, 1.807) is 0 Å². The van der Waals surface area contributed by atoms with Gasteiger partial charge in [-0.2, -0.15) is 0 Å². The van der Waals surface area contributed by atoms with Crippen LogP contribution in [0.15, 0.2) is 0 Å². The van der Waals surface area contributed by atoms with Crippen LogP contribution in [0.2, 0.25) is 0 Å². The van der Waals surface area contributed by atoms with Crippen molar-refractivity contribution in [3.8, 4) is 0 Å². The van der Waals surface area contributed by atoms with E-state index in [-0.39, 0.29) is 5.97 Å². The van der Waals surface area contributed by atoms with E-state index in [0.717, 1.165) is 25.7 Å². The van der Waals surface area contributed by atoms with Gasteiger partial charge < -0.3 is 9.84 Å². The molecular weight excluding hydrogens is 216 g/mol. The molecule has 4 bridgehead atoms. The fourth-order valence-corrected chi connectivity index (χ4v) is 4.26. The molecule has 4 saturated carbocycles. The van der Waals surface area contributed by atoms with Crippen molar-refractivity contribution in [3.05, 3.63) is 0 Å². The van der Waals surface area contributed by atoms with Gasteiger partial charge in [-0.3, -0.25) is 4.79 Å². The van der Waals surface area contributed by atoms with Crippen molar-refractivity contribution >= 4 is 5.97 Å². The van der Waals surface area contributed by atoms with Crippen LogP contribution < -0.4 is 0 Å². The normalized spacial score (nSPS) is 47.5. The molecule has 2 unspecified atom stereocenters. The summed E-state index contributed by atoms with van der Waals surface area (Å²) < 4.78 is 5.80. The standard InChI is InChI=1S/C14H22O3/c1-12(2,3)11(15)17-14-7-9-4-10(8-14)6-13(14,16)5-9/h9-10,16H,4-8H2,1-3H3. The van der Waals surface area contributed by atoms with Gasteiger partial charge in [0.2, 0.25) is 0 Å². The maximum Gasteiger partial charge on any atom is 0.311 e. The number of carbonyl (C=O) groups excluding carboxylic acids is 1. The Hall–Kier alpha value is -0.570. The molecule has 4 rings (SSSR count). The lowest BCUT2D eigenvalue weighted by Gasteiger charge is -2.38. The van der Waals surface area contributed by atoms with Crippen LogP contribution in [0.1, 0.15) is 52.9 Å². The van der Waals surface area contributed by atoms with Crippen LogP contribution in [0.3, 0.4) is 0 Å². The predicted octanol–water partition coefficient (Wildman–Crippen LogP) is 2.27. The van der Waals surface area contributed by atoms with E-state index in [0.29, 0.717) is 11.8 Å². The largest absolute Gasteiger partial charge is 0.456 e. The van der Waals surface area contributed by atoms with Gasteiger partial charge in [0.15, 0.2) is 0 Å². The third kappa shape index (κ3) is 1.48. The summed E-state index contributed by atoms with van der Waals surface area (Å²) in [5, 5.41) is 10.7. The second-order valence-corrected chi connectivity index (χ2v) is 7.45. The second kappa shape index (κ2) is 3.05. The summed E-state index contributed by atoms with van der Waals surface area (Å²) in [6, 6.07) is 0. The third-order valence-electron chi connectivity index (χ3n) is 4.90. The number of carbonyl (C=O) groups is 1. The molecule has 0 aromatic rings. The van der Waals surface area contributed by atoms with Gasteiger partial charge in [0, 0.05) is 0 Å². The minimum Gasteiger partial charge on any atom is -0.456 e. The fraction of sp³-hybridized carbons (Fsp3) is 0.929. The number of hydrogen-bond acceptors (Lipinski definition) is 3. The van der Waals surface area contributed by atoms with E-state index < -0.39 is 16.6 Å². The lowest BCUT2D eigenvalue weighted by Crippen LogP contribution is -2.50. The molecule has 0 heterocycles. The second-order valence-electron chi connectivity index (χ2n) is 7.45. The van der Waals surface area contributed by atoms with Crippen LogP contribution in [0.4, 0.5) is 0 Å². The molecule has 0 saturated heterocycles. The number of ether oxygens (including phenoxy) is 1. The minimum atomic E-state index is -0.721. The Morgan fingerprint density at radius 2 is 1.71 bits per heavy atom. The molecule has 4 fully saturated rings. The van der Waals surface area contributed by atoms with Crippen molar-refractivity contribution in [3.63, 3.8) is 0 Å². The summed E-state index contributed by atoms with van der Waals surface area (Å²) in [4.78, 5) is 12.1. The van der Waals surface area contributed by atoms with Gasteiger partial charge in [-0.15, -0.1) is 0 Å². The van der Waals surface area contributed by atoms with Gasteiger partial charge in [0.05, 0.1) is 5.41 Å². The molecule has 4 aliphatic carbocycles. The molecule has 3 nitrogen and oxygen atoms in total. The Labute approximate surface area is 103 Å². The highest BCUT2D eigenvalue weighted by molar-refractivity contribution is 5.76. The molecule has 96 valence electrons. The zero-order valence-electron chi connectivity index (χ0n) is 11.0. The van der Waals surface area contributed by atoms with Crippen molar-refractivity contribution in [1.29, 1.82) is 0 Å². The van der Waals surface area contributed by atoms with Crippen molar-refractivity contribution in [1.82, 2.24) is 0 Å². The molecule has 0 spiro atoms. The molecule has 0 aliphatic heterocycles. The molecular formula is C14H22O3. The Bertz CT molecular complexity index is 352. The monoisotopic (exact) mass is 238 g/mol. The lowest BCUT2D eigenvalue weighted by atomic mass is 9.81. The molecule has 4 aliphatic rings. The van der Waals surface area contributed by atoms with Gasteiger partial charge in [-0.25, -0.2) is 0 Å². The molecule has 0 aromatic carbocycles. The molecule has 1 N–H and O–H groups in total. The summed E-state index contributed by atoms with van der Waals surface area (Å²) in [7, 11) is 0. The van der Waals surface area contributed by atoms with Gasteiger partial charge in [0.1, 0.15) is 11.2 Å². The summed E-state index contributed by atoms with van der Waals surface area (Å²) in [6.07, 6.45) is 4.64. The van der Waals surface area contributed by atoms with Crippen LogP contribution in [0.5, 0.6) is 0 Å². The molecule has 0 aromatic heterocycles. The van der Waals surface area contributed by atoms with Gasteiger partial charge in [-0.1, -0.05) is 0 Å². The van der Waals surface area contributed by atoms with E-state index in [4.69, 9.17) is 4.74 Å². The van der Waals surface area contributed by atoms with E-state index in [2.05, 4.69) is 0 Å². The van der Waals surface area contributed by atoms with E-state index >= 15 is 0 Å². The summed E-state index contributed by atoms with van der Waals surface area (Å²) in [5.41, 5.74) is -1.75. The zero-order chi connectivity index (χ0) is 12.5. The number of rotatable bonds is 1. The Kier molecular flexibility index (Phi) is 2.07.